The zero-order valence-electron chi connectivity index (χ0n) is 14.1. The van der Waals surface area contributed by atoms with E-state index in [9.17, 15) is 13.2 Å². The van der Waals surface area contributed by atoms with Crippen LogP contribution < -0.4 is 9.73 Å². The van der Waals surface area contributed by atoms with Gasteiger partial charge in [-0.3, -0.25) is 9.10 Å². The lowest BCUT2D eigenvalue weighted by molar-refractivity contribution is -0.119. The van der Waals surface area contributed by atoms with Crippen molar-refractivity contribution in [1.29, 1.82) is 0 Å². The summed E-state index contributed by atoms with van der Waals surface area (Å²) in [6, 6.07) is 12.1. The molecule has 9 heteroatoms. The van der Waals surface area contributed by atoms with Crippen molar-refractivity contribution in [3.05, 3.63) is 58.6 Å². The van der Waals surface area contributed by atoms with Gasteiger partial charge in [-0.05, 0) is 44.2 Å². The van der Waals surface area contributed by atoms with Gasteiger partial charge in [-0.15, -0.1) is 0 Å². The van der Waals surface area contributed by atoms with E-state index in [0.717, 1.165) is 4.31 Å². The molecule has 0 aliphatic heterocycles. The monoisotopic (exact) mass is 413 g/mol. The molecule has 2 aromatic carbocycles. The van der Waals surface area contributed by atoms with Crippen LogP contribution in [0.1, 0.15) is 13.8 Å². The Balaban J connectivity index is 2.48. The highest BCUT2D eigenvalue weighted by Gasteiger charge is 2.27. The number of amides is 1. The fourth-order valence-electron chi connectivity index (χ4n) is 2.06. The Kier molecular flexibility index (Phi) is 6.63. The summed E-state index contributed by atoms with van der Waals surface area (Å²) >= 11 is 12.0. The molecule has 0 fully saturated rings. The average Bonchev–Trinajstić information content (AvgIpc) is 2.57. The molecule has 0 aromatic heterocycles. The maximum absolute atomic E-state index is 13.1. The summed E-state index contributed by atoms with van der Waals surface area (Å²) in [6.07, 6.45) is 0. The second-order valence-corrected chi connectivity index (χ2v) is 8.28. The largest absolute Gasteiger partial charge is 0.271 e. The Labute approximate surface area is 162 Å². The van der Waals surface area contributed by atoms with Gasteiger partial charge in [0.1, 0.15) is 6.54 Å². The van der Waals surface area contributed by atoms with Crippen molar-refractivity contribution >= 4 is 50.5 Å². The predicted octanol–water partition coefficient (Wildman–Crippen LogP) is 3.70. The number of carbonyl (C=O) groups is 1. The van der Waals surface area contributed by atoms with Gasteiger partial charge >= 0.3 is 0 Å². The third-order valence-electron chi connectivity index (χ3n) is 3.16. The molecule has 0 bridgehead atoms. The topological polar surface area (TPSA) is 78.8 Å². The predicted molar refractivity (Wildman–Crippen MR) is 104 cm³/mol. The molecular weight excluding hydrogens is 397 g/mol. The molecule has 1 N–H and O–H groups in total. The molecule has 0 aliphatic rings. The van der Waals surface area contributed by atoms with Gasteiger partial charge in [0.2, 0.25) is 0 Å². The van der Waals surface area contributed by atoms with Crippen molar-refractivity contribution in [3.63, 3.8) is 0 Å². The third-order valence-corrected chi connectivity index (χ3v) is 5.38. The Bertz CT molecular complexity index is 907. The summed E-state index contributed by atoms with van der Waals surface area (Å²) in [5, 5.41) is 4.31. The van der Waals surface area contributed by atoms with E-state index >= 15 is 0 Å². The van der Waals surface area contributed by atoms with Crippen LogP contribution in [0.2, 0.25) is 10.0 Å². The molecule has 138 valence electrons. The smallest absolute Gasteiger partial charge is 0.264 e. The Morgan fingerprint density at radius 2 is 1.65 bits per heavy atom. The molecule has 0 saturated heterocycles. The number of anilines is 1. The van der Waals surface area contributed by atoms with Gasteiger partial charge < -0.3 is 0 Å². The van der Waals surface area contributed by atoms with Crippen molar-refractivity contribution in [2.45, 2.75) is 18.7 Å². The van der Waals surface area contributed by atoms with Gasteiger partial charge in [0.05, 0.1) is 10.6 Å². The fourth-order valence-corrected chi connectivity index (χ4v) is 4.00. The van der Waals surface area contributed by atoms with E-state index in [1.807, 2.05) is 0 Å². The third kappa shape index (κ3) is 5.20. The van der Waals surface area contributed by atoms with E-state index in [1.165, 1.54) is 30.3 Å². The molecule has 2 rings (SSSR count). The van der Waals surface area contributed by atoms with Gasteiger partial charge in [-0.1, -0.05) is 41.4 Å². The molecule has 6 nitrogen and oxygen atoms in total. The standard InChI is InChI=1S/C17H17Cl2N3O3S/c1-12(2)20-21-17(23)11-22(15-9-13(18)8-14(19)10-15)26(24,25)16-6-4-3-5-7-16/h3-10H,11H2,1-2H3,(H,21,23). The average molecular weight is 414 g/mol. The Morgan fingerprint density at radius 1 is 1.08 bits per heavy atom. The first-order chi connectivity index (χ1) is 12.2. The molecule has 0 unspecified atom stereocenters. The van der Waals surface area contributed by atoms with E-state index in [4.69, 9.17) is 23.2 Å². The van der Waals surface area contributed by atoms with Crippen LogP contribution in [0.5, 0.6) is 0 Å². The van der Waals surface area contributed by atoms with Crippen LogP contribution in [-0.4, -0.2) is 26.6 Å². The highest BCUT2D eigenvalue weighted by atomic mass is 35.5. The van der Waals surface area contributed by atoms with Crippen LogP contribution in [0.15, 0.2) is 58.5 Å². The zero-order chi connectivity index (χ0) is 19.3. The number of hydrogen-bond acceptors (Lipinski definition) is 4. The number of hydrogen-bond donors (Lipinski definition) is 1. The molecule has 0 saturated carbocycles. The lowest BCUT2D eigenvalue weighted by atomic mass is 10.3. The molecule has 0 atom stereocenters. The minimum absolute atomic E-state index is 0.0408. The maximum atomic E-state index is 13.1. The van der Waals surface area contributed by atoms with E-state index in [0.29, 0.717) is 5.71 Å². The van der Waals surface area contributed by atoms with E-state index in [1.54, 1.807) is 32.0 Å². The number of halogens is 2. The van der Waals surface area contributed by atoms with E-state index < -0.39 is 22.5 Å². The summed E-state index contributed by atoms with van der Waals surface area (Å²) in [5.41, 5.74) is 3.12. The minimum atomic E-state index is -4.01. The number of sulfonamides is 1. The quantitative estimate of drug-likeness (QED) is 0.578. The van der Waals surface area contributed by atoms with E-state index in [-0.39, 0.29) is 20.6 Å². The number of carbonyl (C=O) groups excluding carboxylic acids is 1. The first kappa shape index (κ1) is 20.2. The summed E-state index contributed by atoms with van der Waals surface area (Å²) in [6.45, 7) is 2.93. The summed E-state index contributed by atoms with van der Waals surface area (Å²) < 4.78 is 27.0. The van der Waals surface area contributed by atoms with Crippen LogP contribution in [0.25, 0.3) is 0 Å². The van der Waals surface area contributed by atoms with Gasteiger partial charge in [0.15, 0.2) is 0 Å². The van der Waals surface area contributed by atoms with Crippen molar-refractivity contribution in [2.75, 3.05) is 10.8 Å². The number of benzene rings is 2. The van der Waals surface area contributed by atoms with Crippen molar-refractivity contribution in [3.8, 4) is 0 Å². The van der Waals surface area contributed by atoms with Crippen LogP contribution >= 0.6 is 23.2 Å². The van der Waals surface area contributed by atoms with E-state index in [2.05, 4.69) is 10.5 Å². The highest BCUT2D eigenvalue weighted by Crippen LogP contribution is 2.29. The molecular formula is C17H17Cl2N3O3S. The molecule has 0 heterocycles. The lowest BCUT2D eigenvalue weighted by Crippen LogP contribution is -2.39. The summed E-state index contributed by atoms with van der Waals surface area (Å²) in [7, 11) is -4.01. The first-order valence-electron chi connectivity index (χ1n) is 7.54. The molecule has 0 spiro atoms. The maximum Gasteiger partial charge on any atom is 0.264 e. The second-order valence-electron chi connectivity index (χ2n) is 5.55. The SMILES string of the molecule is CC(C)=NNC(=O)CN(c1cc(Cl)cc(Cl)c1)S(=O)(=O)c1ccccc1. The van der Waals surface area contributed by atoms with Gasteiger partial charge in [-0.25, -0.2) is 13.8 Å². The van der Waals surface area contributed by atoms with Crippen LogP contribution in [0.4, 0.5) is 5.69 Å². The molecule has 0 radical (unpaired) electrons. The van der Waals surface area contributed by atoms with Gasteiger partial charge in [0.25, 0.3) is 15.9 Å². The second kappa shape index (κ2) is 8.53. The number of nitrogens with zero attached hydrogens (tertiary/aromatic N) is 2. The molecule has 26 heavy (non-hydrogen) atoms. The Hall–Kier alpha value is -2.09. The van der Waals surface area contributed by atoms with Crippen molar-refractivity contribution in [2.24, 2.45) is 5.10 Å². The Morgan fingerprint density at radius 3 is 2.19 bits per heavy atom. The minimum Gasteiger partial charge on any atom is -0.271 e. The fraction of sp³-hybridized carbons (Fsp3) is 0.176. The highest BCUT2D eigenvalue weighted by molar-refractivity contribution is 7.92. The number of hydrazone groups is 1. The zero-order valence-corrected chi connectivity index (χ0v) is 16.4. The summed E-state index contributed by atoms with van der Waals surface area (Å²) in [5.74, 6) is -0.596. The van der Waals surface area contributed by atoms with Gasteiger partial charge in [0, 0.05) is 15.8 Å². The molecule has 1 amide bonds. The van der Waals surface area contributed by atoms with Crippen LogP contribution in [0.3, 0.4) is 0 Å². The van der Waals surface area contributed by atoms with Crippen LogP contribution in [-0.2, 0) is 14.8 Å². The molecule has 2 aromatic rings. The first-order valence-corrected chi connectivity index (χ1v) is 9.73. The van der Waals surface area contributed by atoms with Crippen molar-refractivity contribution in [1.82, 2.24) is 5.43 Å². The van der Waals surface area contributed by atoms with Gasteiger partial charge in [-0.2, -0.15) is 5.10 Å². The molecule has 0 aliphatic carbocycles. The summed E-state index contributed by atoms with van der Waals surface area (Å²) in [4.78, 5) is 12.2. The number of nitrogens with one attached hydrogen (secondary N) is 1. The van der Waals surface area contributed by atoms with Crippen molar-refractivity contribution < 1.29 is 13.2 Å². The number of rotatable bonds is 6. The van der Waals surface area contributed by atoms with Crippen LogP contribution in [0, 0.1) is 0 Å². The lowest BCUT2D eigenvalue weighted by Gasteiger charge is -2.24. The normalized spacial score (nSPS) is 10.9.